The van der Waals surface area contributed by atoms with Crippen LogP contribution < -0.4 is 14.8 Å². The summed E-state index contributed by atoms with van der Waals surface area (Å²) in [6.45, 7) is 3.14. The molecule has 4 nitrogen and oxygen atoms in total. The van der Waals surface area contributed by atoms with Crippen LogP contribution in [0.1, 0.15) is 30.5 Å². The number of ether oxygens (including phenoxy) is 2. The lowest BCUT2D eigenvalue weighted by molar-refractivity contribution is 0.354. The number of rotatable bonds is 8. The lowest BCUT2D eigenvalue weighted by Gasteiger charge is -2.18. The van der Waals surface area contributed by atoms with Gasteiger partial charge in [0.2, 0.25) is 0 Å². The summed E-state index contributed by atoms with van der Waals surface area (Å²) in [5, 5.41) is 3.55. The minimum Gasteiger partial charge on any atom is -0.493 e. The molecule has 1 aromatic heterocycles. The predicted molar refractivity (Wildman–Crippen MR) is 83.0 cm³/mol. The second kappa shape index (κ2) is 7.74. The Morgan fingerprint density at radius 3 is 2.57 bits per heavy atom. The Bertz CT molecular complexity index is 537. The van der Waals surface area contributed by atoms with Crippen molar-refractivity contribution in [2.75, 3.05) is 20.8 Å². The second-order valence-electron chi connectivity index (χ2n) is 4.96. The van der Waals surface area contributed by atoms with E-state index in [9.17, 15) is 0 Å². The van der Waals surface area contributed by atoms with Gasteiger partial charge in [-0.1, -0.05) is 13.0 Å². The maximum absolute atomic E-state index is 5.37. The average Bonchev–Trinajstić information content (AvgIpc) is 3.05. The molecule has 0 radical (unpaired) electrons. The fourth-order valence-electron chi connectivity index (χ4n) is 2.34. The van der Waals surface area contributed by atoms with E-state index in [1.807, 2.05) is 18.2 Å². The van der Waals surface area contributed by atoms with Crippen LogP contribution in [0.15, 0.2) is 41.2 Å². The Kier molecular flexibility index (Phi) is 5.69. The molecule has 0 aliphatic carbocycles. The quantitative estimate of drug-likeness (QED) is 0.806. The van der Waals surface area contributed by atoms with Crippen LogP contribution in [-0.2, 0) is 6.42 Å². The van der Waals surface area contributed by atoms with Gasteiger partial charge in [0, 0.05) is 11.6 Å². The Labute approximate surface area is 126 Å². The summed E-state index contributed by atoms with van der Waals surface area (Å²) in [6, 6.07) is 8.29. The third kappa shape index (κ3) is 4.02. The van der Waals surface area contributed by atoms with E-state index in [1.54, 1.807) is 26.7 Å². The molecular weight excluding hydrogens is 266 g/mol. The number of benzene rings is 1. The SMILES string of the molecule is CCCNC(Cc1ccc(OC)c(OC)c1)c1ccoc1. The van der Waals surface area contributed by atoms with Gasteiger partial charge < -0.3 is 19.2 Å². The van der Waals surface area contributed by atoms with Crippen molar-refractivity contribution in [3.8, 4) is 11.5 Å². The van der Waals surface area contributed by atoms with Gasteiger partial charge in [-0.05, 0) is 43.1 Å². The van der Waals surface area contributed by atoms with Crippen LogP contribution in [0.4, 0.5) is 0 Å². The molecule has 0 amide bonds. The molecule has 21 heavy (non-hydrogen) atoms. The van der Waals surface area contributed by atoms with E-state index in [0.29, 0.717) is 0 Å². The number of furan rings is 1. The average molecular weight is 289 g/mol. The molecule has 0 aliphatic heterocycles. The summed E-state index contributed by atoms with van der Waals surface area (Å²) < 4.78 is 15.9. The first kappa shape index (κ1) is 15.4. The second-order valence-corrected chi connectivity index (χ2v) is 4.96. The van der Waals surface area contributed by atoms with Crippen molar-refractivity contribution in [1.29, 1.82) is 0 Å². The van der Waals surface area contributed by atoms with E-state index >= 15 is 0 Å². The molecule has 0 spiro atoms. The van der Waals surface area contributed by atoms with Crippen molar-refractivity contribution in [2.45, 2.75) is 25.8 Å². The lowest BCUT2D eigenvalue weighted by atomic mass is 10.0. The predicted octanol–water partition coefficient (Wildman–Crippen LogP) is 3.58. The molecule has 1 unspecified atom stereocenters. The van der Waals surface area contributed by atoms with Crippen LogP contribution in [0.2, 0.25) is 0 Å². The van der Waals surface area contributed by atoms with Gasteiger partial charge in [0.1, 0.15) is 0 Å². The standard InChI is InChI=1S/C17H23NO3/c1-4-8-18-15(14-7-9-21-12-14)10-13-5-6-16(19-2)17(11-13)20-3/h5-7,9,11-12,15,18H,4,8,10H2,1-3H3. The first-order valence-electron chi connectivity index (χ1n) is 7.24. The normalized spacial score (nSPS) is 12.1. The van der Waals surface area contributed by atoms with Gasteiger partial charge in [0.15, 0.2) is 11.5 Å². The molecule has 2 aromatic rings. The molecule has 0 fully saturated rings. The summed E-state index contributed by atoms with van der Waals surface area (Å²) in [5.41, 5.74) is 2.36. The van der Waals surface area contributed by atoms with Gasteiger partial charge in [-0.3, -0.25) is 0 Å². The first-order chi connectivity index (χ1) is 10.3. The minimum atomic E-state index is 0.238. The van der Waals surface area contributed by atoms with Crippen LogP contribution in [0.25, 0.3) is 0 Å². The van der Waals surface area contributed by atoms with E-state index in [1.165, 1.54) is 11.1 Å². The Hall–Kier alpha value is -1.94. The maximum atomic E-state index is 5.37. The first-order valence-corrected chi connectivity index (χ1v) is 7.24. The van der Waals surface area contributed by atoms with Gasteiger partial charge in [-0.2, -0.15) is 0 Å². The zero-order valence-electron chi connectivity index (χ0n) is 12.9. The van der Waals surface area contributed by atoms with Crippen molar-refractivity contribution < 1.29 is 13.9 Å². The van der Waals surface area contributed by atoms with Gasteiger partial charge in [0.25, 0.3) is 0 Å². The van der Waals surface area contributed by atoms with E-state index in [2.05, 4.69) is 18.3 Å². The summed E-state index contributed by atoms with van der Waals surface area (Å²) in [5.74, 6) is 1.51. The number of hydrogen-bond donors (Lipinski definition) is 1. The summed E-state index contributed by atoms with van der Waals surface area (Å²) in [7, 11) is 3.30. The molecule has 0 saturated carbocycles. The maximum Gasteiger partial charge on any atom is 0.160 e. The smallest absolute Gasteiger partial charge is 0.160 e. The molecule has 1 aromatic carbocycles. The highest BCUT2D eigenvalue weighted by molar-refractivity contribution is 5.43. The molecule has 1 heterocycles. The minimum absolute atomic E-state index is 0.238. The van der Waals surface area contributed by atoms with Gasteiger partial charge in [0.05, 0.1) is 26.7 Å². The molecule has 0 bridgehead atoms. The highest BCUT2D eigenvalue weighted by Gasteiger charge is 2.14. The van der Waals surface area contributed by atoms with E-state index in [0.717, 1.165) is 30.9 Å². The number of methoxy groups -OCH3 is 2. The fourth-order valence-corrected chi connectivity index (χ4v) is 2.34. The highest BCUT2D eigenvalue weighted by Crippen LogP contribution is 2.29. The van der Waals surface area contributed by atoms with Crippen molar-refractivity contribution in [2.24, 2.45) is 0 Å². The molecule has 2 rings (SSSR count). The molecular formula is C17H23NO3. The monoisotopic (exact) mass is 289 g/mol. The Morgan fingerprint density at radius 2 is 1.95 bits per heavy atom. The summed E-state index contributed by atoms with van der Waals surface area (Å²) in [4.78, 5) is 0. The van der Waals surface area contributed by atoms with Crippen molar-refractivity contribution >= 4 is 0 Å². The van der Waals surface area contributed by atoms with Crippen LogP contribution in [0.5, 0.6) is 11.5 Å². The van der Waals surface area contributed by atoms with Gasteiger partial charge in [-0.15, -0.1) is 0 Å². The number of nitrogens with one attached hydrogen (secondary N) is 1. The number of hydrogen-bond acceptors (Lipinski definition) is 4. The molecule has 1 atom stereocenters. The third-order valence-electron chi connectivity index (χ3n) is 3.47. The van der Waals surface area contributed by atoms with Crippen molar-refractivity contribution in [3.05, 3.63) is 47.9 Å². The molecule has 1 N–H and O–H groups in total. The molecule has 0 aliphatic rings. The lowest BCUT2D eigenvalue weighted by Crippen LogP contribution is -2.23. The summed E-state index contributed by atoms with van der Waals surface area (Å²) in [6.07, 6.45) is 5.48. The van der Waals surface area contributed by atoms with E-state index in [-0.39, 0.29) is 6.04 Å². The van der Waals surface area contributed by atoms with Crippen molar-refractivity contribution in [1.82, 2.24) is 5.32 Å². The zero-order chi connectivity index (χ0) is 15.1. The summed E-state index contributed by atoms with van der Waals surface area (Å²) >= 11 is 0. The molecule has 0 saturated heterocycles. The van der Waals surface area contributed by atoms with Crippen LogP contribution >= 0.6 is 0 Å². The zero-order valence-corrected chi connectivity index (χ0v) is 12.9. The van der Waals surface area contributed by atoms with E-state index < -0.39 is 0 Å². The van der Waals surface area contributed by atoms with Crippen molar-refractivity contribution in [3.63, 3.8) is 0 Å². The topological polar surface area (TPSA) is 43.6 Å². The van der Waals surface area contributed by atoms with Gasteiger partial charge in [-0.25, -0.2) is 0 Å². The Balaban J connectivity index is 2.16. The molecule has 4 heteroatoms. The highest BCUT2D eigenvalue weighted by atomic mass is 16.5. The van der Waals surface area contributed by atoms with Crippen LogP contribution in [-0.4, -0.2) is 20.8 Å². The van der Waals surface area contributed by atoms with Crippen LogP contribution in [0, 0.1) is 0 Å². The van der Waals surface area contributed by atoms with E-state index in [4.69, 9.17) is 13.9 Å². The third-order valence-corrected chi connectivity index (χ3v) is 3.47. The largest absolute Gasteiger partial charge is 0.493 e. The Morgan fingerprint density at radius 1 is 1.14 bits per heavy atom. The van der Waals surface area contributed by atoms with Gasteiger partial charge >= 0.3 is 0 Å². The molecule has 114 valence electrons. The van der Waals surface area contributed by atoms with Crippen LogP contribution in [0.3, 0.4) is 0 Å². The fraction of sp³-hybridized carbons (Fsp3) is 0.412.